The number of non-ortho nitro benzene ring substituents is 1. The van der Waals surface area contributed by atoms with Gasteiger partial charge in [0.05, 0.1) is 22.1 Å². The van der Waals surface area contributed by atoms with E-state index in [1.165, 1.54) is 30.4 Å². The standard InChI is InChI=1S/C22H17BrN4O6/c1-12-7-19-25-22(28)16(21(24)26(19)33-12)8-14-9-17(23)20(18(10-14)31-2)32-11-13-3-5-15(6-4-13)27(29)30/h3-10,24H,11H2,1-2H3/b16-8-,24-21?. The Hall–Kier alpha value is -3.99. The molecule has 0 unspecified atom stereocenters. The molecule has 0 radical (unpaired) electrons. The van der Waals surface area contributed by atoms with Gasteiger partial charge in [-0.3, -0.25) is 20.3 Å². The van der Waals surface area contributed by atoms with E-state index in [2.05, 4.69) is 20.9 Å². The second kappa shape index (κ2) is 8.87. The Morgan fingerprint density at radius 3 is 2.70 bits per heavy atom. The second-order valence-corrected chi connectivity index (χ2v) is 7.92. The van der Waals surface area contributed by atoms with Crippen LogP contribution in [0.4, 0.5) is 5.69 Å². The van der Waals surface area contributed by atoms with Gasteiger partial charge in [0.25, 0.3) is 11.6 Å². The highest BCUT2D eigenvalue weighted by Gasteiger charge is 2.34. The lowest BCUT2D eigenvalue weighted by Crippen LogP contribution is -2.38. The molecule has 0 aliphatic carbocycles. The highest BCUT2D eigenvalue weighted by atomic mass is 79.9. The predicted molar refractivity (Wildman–Crippen MR) is 123 cm³/mol. The minimum absolute atomic E-state index is 0.000503. The Morgan fingerprint density at radius 2 is 2.03 bits per heavy atom. The number of fused-ring (bicyclic) bond motifs is 1. The van der Waals surface area contributed by atoms with Gasteiger partial charge in [-0.25, -0.2) is 0 Å². The molecule has 2 heterocycles. The predicted octanol–water partition coefficient (Wildman–Crippen LogP) is 4.40. The number of nitrogens with one attached hydrogen (secondary N) is 1. The minimum atomic E-state index is -0.547. The maximum Gasteiger partial charge on any atom is 0.282 e. The number of nitrogens with zero attached hydrogens (tertiary/aromatic N) is 3. The molecule has 0 saturated heterocycles. The Labute approximate surface area is 196 Å². The molecule has 0 bridgehead atoms. The van der Waals surface area contributed by atoms with Crippen molar-refractivity contribution in [3.05, 3.63) is 79.5 Å². The zero-order valence-electron chi connectivity index (χ0n) is 17.5. The van der Waals surface area contributed by atoms with Gasteiger partial charge in [-0.05, 0) is 64.3 Å². The fraction of sp³-hybridized carbons (Fsp3) is 0.136. The quantitative estimate of drug-likeness (QED) is 0.345. The number of hydrogen-bond acceptors (Lipinski definition) is 7. The molecule has 0 atom stereocenters. The molecule has 168 valence electrons. The first-order valence-corrected chi connectivity index (χ1v) is 10.4. The Kier molecular flexibility index (Phi) is 5.97. The van der Waals surface area contributed by atoms with Crippen molar-refractivity contribution in [2.75, 3.05) is 7.11 Å². The van der Waals surface area contributed by atoms with Crippen molar-refractivity contribution in [2.24, 2.45) is 4.99 Å². The van der Waals surface area contributed by atoms with Crippen LogP contribution in [0.1, 0.15) is 18.1 Å². The summed E-state index contributed by atoms with van der Waals surface area (Å²) in [7, 11) is 1.48. The molecular formula is C22H17BrN4O6. The number of carbonyl (C=O) groups excluding carboxylic acids is 1. The molecule has 1 amide bonds. The van der Waals surface area contributed by atoms with E-state index in [0.29, 0.717) is 27.3 Å². The van der Waals surface area contributed by atoms with Crippen molar-refractivity contribution in [1.29, 1.82) is 5.41 Å². The van der Waals surface area contributed by atoms with E-state index < -0.39 is 10.8 Å². The summed E-state index contributed by atoms with van der Waals surface area (Å²) >= 11 is 3.46. The van der Waals surface area contributed by atoms with Gasteiger partial charge in [0.2, 0.25) is 0 Å². The van der Waals surface area contributed by atoms with Gasteiger partial charge >= 0.3 is 0 Å². The first-order valence-electron chi connectivity index (χ1n) is 9.60. The largest absolute Gasteiger partial charge is 0.493 e. The second-order valence-electron chi connectivity index (χ2n) is 7.07. The number of nitro benzene ring substituents is 1. The first-order chi connectivity index (χ1) is 15.8. The number of nitro groups is 1. The van der Waals surface area contributed by atoms with E-state index in [1.807, 2.05) is 0 Å². The van der Waals surface area contributed by atoms with Crippen LogP contribution < -0.4 is 9.47 Å². The smallest absolute Gasteiger partial charge is 0.282 e. The van der Waals surface area contributed by atoms with Crippen LogP contribution in [0.2, 0.25) is 0 Å². The molecule has 11 heteroatoms. The van der Waals surface area contributed by atoms with Crippen LogP contribution in [0.5, 0.6) is 11.5 Å². The number of carbonyl (C=O) groups is 1. The van der Waals surface area contributed by atoms with E-state index >= 15 is 0 Å². The van der Waals surface area contributed by atoms with Crippen molar-refractivity contribution in [1.82, 2.24) is 5.06 Å². The SMILES string of the molecule is COc1cc(/C=C2/C(=N)N3OC(C)=CC3=NC2=O)cc(Br)c1OCc1ccc([N+](=O)[O-])cc1. The monoisotopic (exact) mass is 512 g/mol. The number of halogens is 1. The third-order valence-corrected chi connectivity index (χ3v) is 5.36. The normalized spacial score (nSPS) is 16.2. The fourth-order valence-electron chi connectivity index (χ4n) is 3.20. The van der Waals surface area contributed by atoms with Crippen LogP contribution >= 0.6 is 15.9 Å². The average Bonchev–Trinajstić information content (AvgIpc) is 3.16. The van der Waals surface area contributed by atoms with Crippen LogP contribution in [-0.2, 0) is 16.2 Å². The Morgan fingerprint density at radius 1 is 1.30 bits per heavy atom. The van der Waals surface area contributed by atoms with Crippen LogP contribution in [0.25, 0.3) is 6.08 Å². The van der Waals surface area contributed by atoms with Gasteiger partial charge in [-0.1, -0.05) is 0 Å². The van der Waals surface area contributed by atoms with Gasteiger partial charge < -0.3 is 14.3 Å². The maximum atomic E-state index is 12.5. The summed E-state index contributed by atoms with van der Waals surface area (Å²) in [5.41, 5.74) is 1.39. The average molecular weight is 513 g/mol. The summed E-state index contributed by atoms with van der Waals surface area (Å²) in [6.45, 7) is 1.87. The lowest BCUT2D eigenvalue weighted by atomic mass is 10.1. The number of aliphatic imine (C=N–C) groups is 1. The van der Waals surface area contributed by atoms with E-state index in [-0.39, 0.29) is 29.5 Å². The summed E-state index contributed by atoms with van der Waals surface area (Å²) in [6, 6.07) is 9.43. The number of allylic oxidation sites excluding steroid dienone is 1. The van der Waals surface area contributed by atoms with E-state index in [9.17, 15) is 14.9 Å². The number of benzene rings is 2. The van der Waals surface area contributed by atoms with E-state index in [0.717, 1.165) is 5.56 Å². The molecule has 2 aromatic carbocycles. The van der Waals surface area contributed by atoms with Gasteiger partial charge in [0.15, 0.2) is 23.2 Å². The molecule has 1 N–H and O–H groups in total. The molecule has 0 saturated carbocycles. The number of hydrogen-bond donors (Lipinski definition) is 1. The molecule has 10 nitrogen and oxygen atoms in total. The highest BCUT2D eigenvalue weighted by Crippen LogP contribution is 2.38. The van der Waals surface area contributed by atoms with Gasteiger partial charge in [-0.15, -0.1) is 5.06 Å². The third kappa shape index (κ3) is 4.48. The maximum absolute atomic E-state index is 12.5. The van der Waals surface area contributed by atoms with E-state index in [4.69, 9.17) is 19.7 Å². The van der Waals surface area contributed by atoms with Crippen molar-refractivity contribution >= 4 is 45.3 Å². The zero-order chi connectivity index (χ0) is 23.7. The first kappa shape index (κ1) is 22.2. The van der Waals surface area contributed by atoms with Crippen molar-refractivity contribution in [2.45, 2.75) is 13.5 Å². The number of amides is 1. The molecule has 4 rings (SSSR count). The van der Waals surface area contributed by atoms with Crippen molar-refractivity contribution in [3.63, 3.8) is 0 Å². The number of hydroxylamine groups is 2. The lowest BCUT2D eigenvalue weighted by Gasteiger charge is -2.23. The molecule has 33 heavy (non-hydrogen) atoms. The van der Waals surface area contributed by atoms with Gasteiger partial charge in [0.1, 0.15) is 12.4 Å². The molecule has 2 aliphatic rings. The van der Waals surface area contributed by atoms with Crippen LogP contribution in [0.15, 0.2) is 63.3 Å². The number of ether oxygens (including phenoxy) is 2. The summed E-state index contributed by atoms with van der Waals surface area (Å²) in [5.74, 6) is 0.957. The number of amidine groups is 2. The number of rotatable bonds is 6. The third-order valence-electron chi connectivity index (χ3n) is 4.77. The summed E-state index contributed by atoms with van der Waals surface area (Å²) in [4.78, 5) is 32.2. The summed E-state index contributed by atoms with van der Waals surface area (Å²) in [5, 5.41) is 20.3. The molecule has 2 aromatic rings. The van der Waals surface area contributed by atoms with Crippen molar-refractivity contribution < 1.29 is 24.0 Å². The minimum Gasteiger partial charge on any atom is -0.493 e. The highest BCUT2D eigenvalue weighted by molar-refractivity contribution is 9.10. The fourth-order valence-corrected chi connectivity index (χ4v) is 3.77. The van der Waals surface area contributed by atoms with Crippen molar-refractivity contribution in [3.8, 4) is 11.5 Å². The molecule has 0 fully saturated rings. The molecule has 0 spiro atoms. The Balaban J connectivity index is 1.57. The topological polar surface area (TPSA) is 127 Å². The summed E-state index contributed by atoms with van der Waals surface area (Å²) < 4.78 is 11.9. The molecular weight excluding hydrogens is 496 g/mol. The van der Waals surface area contributed by atoms with Crippen LogP contribution in [-0.4, -0.2) is 34.7 Å². The Bertz CT molecular complexity index is 1270. The van der Waals surface area contributed by atoms with Crippen LogP contribution in [0, 0.1) is 15.5 Å². The molecule has 2 aliphatic heterocycles. The van der Waals surface area contributed by atoms with Gasteiger partial charge in [-0.2, -0.15) is 4.99 Å². The van der Waals surface area contributed by atoms with Crippen LogP contribution in [0.3, 0.4) is 0 Å². The van der Waals surface area contributed by atoms with E-state index in [1.54, 1.807) is 37.3 Å². The lowest BCUT2D eigenvalue weighted by molar-refractivity contribution is -0.384. The zero-order valence-corrected chi connectivity index (χ0v) is 19.1. The summed E-state index contributed by atoms with van der Waals surface area (Å²) in [6.07, 6.45) is 3.11. The van der Waals surface area contributed by atoms with Gasteiger partial charge in [0, 0.05) is 18.2 Å². The number of methoxy groups -OCH3 is 1. The molecule has 0 aromatic heterocycles.